The Kier molecular flexibility index (Phi) is 5.21. The highest BCUT2D eigenvalue weighted by molar-refractivity contribution is 5.73. The van der Waals surface area contributed by atoms with Crippen molar-refractivity contribution in [3.8, 4) is 0 Å². The molecule has 1 saturated heterocycles. The van der Waals surface area contributed by atoms with Crippen LogP contribution in [0.1, 0.15) is 24.0 Å². The molecule has 2 amide bonds. The van der Waals surface area contributed by atoms with Crippen molar-refractivity contribution >= 4 is 6.03 Å². The van der Waals surface area contributed by atoms with Crippen LogP contribution in [0.5, 0.6) is 0 Å². The molecule has 0 spiro atoms. The van der Waals surface area contributed by atoms with E-state index in [2.05, 4.69) is 29.7 Å². The highest BCUT2D eigenvalue weighted by Gasteiger charge is 2.15. The van der Waals surface area contributed by atoms with E-state index in [1.807, 2.05) is 12.1 Å². The van der Waals surface area contributed by atoms with Crippen molar-refractivity contribution in [1.29, 1.82) is 0 Å². The molecule has 1 aromatic rings. The number of rotatable bonds is 5. The normalized spacial score (nSPS) is 18.3. The maximum Gasteiger partial charge on any atom is 0.314 e. The number of hydrogen-bond donors (Lipinski definition) is 2. The summed E-state index contributed by atoms with van der Waals surface area (Å²) in [6, 6.07) is 8.14. The van der Waals surface area contributed by atoms with Gasteiger partial charge in [0.1, 0.15) is 0 Å². The minimum absolute atomic E-state index is 0.107. The van der Waals surface area contributed by atoms with Gasteiger partial charge in [-0.3, -0.25) is 0 Å². The second kappa shape index (κ2) is 7.14. The monoisotopic (exact) mass is 262 g/mol. The van der Waals surface area contributed by atoms with E-state index in [-0.39, 0.29) is 12.1 Å². The molecule has 1 aliphatic heterocycles. The Balaban J connectivity index is 1.62. The summed E-state index contributed by atoms with van der Waals surface area (Å²) in [6.45, 7) is 4.17. The third kappa shape index (κ3) is 4.56. The van der Waals surface area contributed by atoms with E-state index in [1.165, 1.54) is 11.1 Å². The SMILES string of the molecule is Cc1ccccc1CCNC(=O)NCC1CCCO1. The van der Waals surface area contributed by atoms with Gasteiger partial charge in [-0.1, -0.05) is 24.3 Å². The zero-order chi connectivity index (χ0) is 13.5. The fraction of sp³-hybridized carbons (Fsp3) is 0.533. The van der Waals surface area contributed by atoms with Crippen LogP contribution in [0, 0.1) is 6.92 Å². The molecule has 0 radical (unpaired) electrons. The standard InChI is InChI=1S/C15H22N2O2/c1-12-5-2-3-6-13(12)8-9-16-15(18)17-11-14-7-4-10-19-14/h2-3,5-6,14H,4,7-11H2,1H3,(H2,16,17,18). The van der Waals surface area contributed by atoms with E-state index in [1.54, 1.807) is 0 Å². The molecule has 0 saturated carbocycles. The molecule has 1 unspecified atom stereocenters. The fourth-order valence-corrected chi connectivity index (χ4v) is 2.28. The van der Waals surface area contributed by atoms with E-state index < -0.39 is 0 Å². The molecule has 0 aliphatic carbocycles. The van der Waals surface area contributed by atoms with Gasteiger partial charge in [-0.2, -0.15) is 0 Å². The Labute approximate surface area is 114 Å². The van der Waals surface area contributed by atoms with Crippen LogP contribution in [0.2, 0.25) is 0 Å². The van der Waals surface area contributed by atoms with Crippen molar-refractivity contribution in [3.05, 3.63) is 35.4 Å². The van der Waals surface area contributed by atoms with Crippen LogP contribution in [-0.4, -0.2) is 31.8 Å². The maximum atomic E-state index is 11.6. The summed E-state index contributed by atoms with van der Waals surface area (Å²) >= 11 is 0. The topological polar surface area (TPSA) is 50.4 Å². The van der Waals surface area contributed by atoms with Crippen LogP contribution < -0.4 is 10.6 Å². The van der Waals surface area contributed by atoms with Crippen LogP contribution in [0.4, 0.5) is 4.79 Å². The number of carbonyl (C=O) groups excluding carboxylic acids is 1. The van der Waals surface area contributed by atoms with Gasteiger partial charge >= 0.3 is 6.03 Å². The molecule has 2 N–H and O–H groups in total. The molecule has 0 bridgehead atoms. The predicted molar refractivity (Wildman–Crippen MR) is 75.3 cm³/mol. The number of benzene rings is 1. The van der Waals surface area contributed by atoms with Crippen molar-refractivity contribution in [2.75, 3.05) is 19.7 Å². The van der Waals surface area contributed by atoms with Crippen molar-refractivity contribution in [2.45, 2.75) is 32.3 Å². The van der Waals surface area contributed by atoms with E-state index in [0.717, 1.165) is 25.9 Å². The first-order valence-electron chi connectivity index (χ1n) is 6.93. The summed E-state index contributed by atoms with van der Waals surface area (Å²) in [5, 5.41) is 5.73. The average molecular weight is 262 g/mol. The number of nitrogens with one attached hydrogen (secondary N) is 2. The number of urea groups is 1. The molecule has 4 heteroatoms. The van der Waals surface area contributed by atoms with E-state index >= 15 is 0 Å². The molecule has 2 rings (SSSR count). The second-order valence-corrected chi connectivity index (χ2v) is 4.95. The Morgan fingerprint density at radius 3 is 2.95 bits per heavy atom. The Hall–Kier alpha value is -1.55. The first-order valence-corrected chi connectivity index (χ1v) is 6.93. The first kappa shape index (κ1) is 13.9. The van der Waals surface area contributed by atoms with Crippen molar-refractivity contribution in [1.82, 2.24) is 10.6 Å². The van der Waals surface area contributed by atoms with Crippen LogP contribution in [0.15, 0.2) is 24.3 Å². The van der Waals surface area contributed by atoms with E-state index in [0.29, 0.717) is 13.1 Å². The summed E-state index contributed by atoms with van der Waals surface area (Å²) in [5.41, 5.74) is 2.55. The number of aryl methyl sites for hydroxylation is 1. The zero-order valence-electron chi connectivity index (χ0n) is 11.4. The predicted octanol–water partition coefficient (Wildman–Crippen LogP) is 2.02. The van der Waals surface area contributed by atoms with Crippen LogP contribution in [0.25, 0.3) is 0 Å². The van der Waals surface area contributed by atoms with Gasteiger partial charge in [0.25, 0.3) is 0 Å². The lowest BCUT2D eigenvalue weighted by Gasteiger charge is -2.12. The molecule has 1 fully saturated rings. The molecular formula is C15H22N2O2. The first-order chi connectivity index (χ1) is 9.25. The van der Waals surface area contributed by atoms with Crippen molar-refractivity contribution < 1.29 is 9.53 Å². The van der Waals surface area contributed by atoms with E-state index in [4.69, 9.17) is 4.74 Å². The lowest BCUT2D eigenvalue weighted by Crippen LogP contribution is -2.40. The molecular weight excluding hydrogens is 240 g/mol. The van der Waals surface area contributed by atoms with Crippen LogP contribution in [-0.2, 0) is 11.2 Å². The number of amides is 2. The van der Waals surface area contributed by atoms with Crippen LogP contribution >= 0.6 is 0 Å². The lowest BCUT2D eigenvalue weighted by atomic mass is 10.1. The summed E-state index contributed by atoms with van der Waals surface area (Å²) in [6.07, 6.45) is 3.20. The van der Waals surface area contributed by atoms with Gasteiger partial charge in [-0.05, 0) is 37.3 Å². The van der Waals surface area contributed by atoms with Crippen LogP contribution in [0.3, 0.4) is 0 Å². The lowest BCUT2D eigenvalue weighted by molar-refractivity contribution is 0.111. The van der Waals surface area contributed by atoms with Crippen molar-refractivity contribution in [3.63, 3.8) is 0 Å². The number of carbonyl (C=O) groups is 1. The molecule has 1 aromatic carbocycles. The third-order valence-electron chi connectivity index (χ3n) is 3.46. The second-order valence-electron chi connectivity index (χ2n) is 4.95. The molecule has 1 atom stereocenters. The summed E-state index contributed by atoms with van der Waals surface area (Å²) in [7, 11) is 0. The van der Waals surface area contributed by atoms with E-state index in [9.17, 15) is 4.79 Å². The molecule has 1 heterocycles. The highest BCUT2D eigenvalue weighted by atomic mass is 16.5. The summed E-state index contributed by atoms with van der Waals surface area (Å²) < 4.78 is 5.45. The zero-order valence-corrected chi connectivity index (χ0v) is 11.4. The largest absolute Gasteiger partial charge is 0.376 e. The minimum atomic E-state index is -0.107. The molecule has 0 aromatic heterocycles. The van der Waals surface area contributed by atoms with Gasteiger partial charge in [0.2, 0.25) is 0 Å². The van der Waals surface area contributed by atoms with Gasteiger partial charge in [-0.15, -0.1) is 0 Å². The van der Waals surface area contributed by atoms with Gasteiger partial charge in [0, 0.05) is 19.7 Å². The van der Waals surface area contributed by atoms with Gasteiger partial charge < -0.3 is 15.4 Å². The maximum absolute atomic E-state index is 11.6. The number of ether oxygens (including phenoxy) is 1. The summed E-state index contributed by atoms with van der Waals surface area (Å²) in [4.78, 5) is 11.6. The quantitative estimate of drug-likeness (QED) is 0.853. The molecule has 104 valence electrons. The highest BCUT2D eigenvalue weighted by Crippen LogP contribution is 2.10. The fourth-order valence-electron chi connectivity index (χ4n) is 2.28. The Morgan fingerprint density at radius 2 is 2.21 bits per heavy atom. The van der Waals surface area contributed by atoms with Gasteiger partial charge in [0.15, 0.2) is 0 Å². The third-order valence-corrected chi connectivity index (χ3v) is 3.46. The number of hydrogen-bond acceptors (Lipinski definition) is 2. The summed E-state index contributed by atoms with van der Waals surface area (Å²) in [5.74, 6) is 0. The Bertz CT molecular complexity index is 414. The Morgan fingerprint density at radius 1 is 1.37 bits per heavy atom. The van der Waals surface area contributed by atoms with Gasteiger partial charge in [-0.25, -0.2) is 4.79 Å². The molecule has 4 nitrogen and oxygen atoms in total. The molecule has 19 heavy (non-hydrogen) atoms. The van der Waals surface area contributed by atoms with Crippen molar-refractivity contribution in [2.24, 2.45) is 0 Å². The molecule has 1 aliphatic rings. The minimum Gasteiger partial charge on any atom is -0.376 e. The average Bonchev–Trinajstić information content (AvgIpc) is 2.92. The smallest absolute Gasteiger partial charge is 0.314 e. The van der Waals surface area contributed by atoms with Gasteiger partial charge in [0.05, 0.1) is 6.10 Å².